The second-order valence-corrected chi connectivity index (χ2v) is 10.9. The summed E-state index contributed by atoms with van der Waals surface area (Å²) >= 11 is 0. The molecular formula is C36H20F2N6. The smallest absolute Gasteiger partial charge is 0.139 e. The maximum Gasteiger partial charge on any atom is 0.139 e. The van der Waals surface area contributed by atoms with Crippen molar-refractivity contribution < 1.29 is 8.78 Å². The molecule has 3 atom stereocenters. The van der Waals surface area contributed by atoms with E-state index in [9.17, 15) is 29.8 Å². The average molecular weight is 575 g/mol. The summed E-state index contributed by atoms with van der Waals surface area (Å²) in [7, 11) is 0. The first-order valence-corrected chi connectivity index (χ1v) is 14.0. The molecule has 0 radical (unpaired) electrons. The van der Waals surface area contributed by atoms with Gasteiger partial charge < -0.3 is 5.32 Å². The quantitative estimate of drug-likeness (QED) is 0.387. The van der Waals surface area contributed by atoms with Gasteiger partial charge in [-0.05, 0) is 58.5 Å². The van der Waals surface area contributed by atoms with E-state index in [1.807, 2.05) is 66.8 Å². The number of benzene rings is 2. The van der Waals surface area contributed by atoms with Gasteiger partial charge in [-0.3, -0.25) is 0 Å². The minimum atomic E-state index is -1.03. The highest BCUT2D eigenvalue weighted by Gasteiger charge is 2.43. The van der Waals surface area contributed by atoms with Gasteiger partial charge in [0.25, 0.3) is 0 Å². The Bertz CT molecular complexity index is 2090. The molecule has 1 heterocycles. The topological polar surface area (TPSA) is 120 Å². The van der Waals surface area contributed by atoms with Crippen LogP contribution in [0.1, 0.15) is 52.1 Å². The lowest BCUT2D eigenvalue weighted by Crippen LogP contribution is -2.36. The summed E-state index contributed by atoms with van der Waals surface area (Å²) in [5.74, 6) is -0.348. The Kier molecular flexibility index (Phi) is 6.28. The summed E-state index contributed by atoms with van der Waals surface area (Å²) in [6.07, 6.45) is 9.53. The van der Waals surface area contributed by atoms with Gasteiger partial charge in [-0.15, -0.1) is 0 Å². The number of alkyl halides is 1. The number of nitrogens with one attached hydrogen (secondary N) is 1. The Hall–Kier alpha value is -6.09. The molecule has 0 spiro atoms. The number of allylic oxidation sites excluding steroid dienone is 11. The predicted octanol–water partition coefficient (Wildman–Crippen LogP) is 7.02. The van der Waals surface area contributed by atoms with Gasteiger partial charge in [0, 0.05) is 34.6 Å². The molecule has 7 rings (SSSR count). The molecular weight excluding hydrogens is 554 g/mol. The van der Waals surface area contributed by atoms with E-state index in [-0.39, 0.29) is 29.3 Å². The SMILES string of the molecule is N#CC(C#N)=C1C2=C(NC3C(=N2)c2ccc(C4C=CC(F)=CC4)cc2C3=C(C#N)C#N)c2ccc(C3=CCC(F)C=C3)cc21. The van der Waals surface area contributed by atoms with Crippen molar-refractivity contribution >= 4 is 28.1 Å². The van der Waals surface area contributed by atoms with Crippen molar-refractivity contribution in [2.45, 2.75) is 31.0 Å². The van der Waals surface area contributed by atoms with Crippen molar-refractivity contribution in [1.29, 1.82) is 21.0 Å². The van der Waals surface area contributed by atoms with Crippen molar-refractivity contribution in [3.8, 4) is 24.3 Å². The van der Waals surface area contributed by atoms with Gasteiger partial charge in [0.15, 0.2) is 0 Å². The molecule has 0 saturated carbocycles. The molecule has 0 amide bonds. The first-order valence-electron chi connectivity index (χ1n) is 14.0. The van der Waals surface area contributed by atoms with Crippen molar-refractivity contribution in [2.24, 2.45) is 4.99 Å². The predicted molar refractivity (Wildman–Crippen MR) is 162 cm³/mol. The minimum absolute atomic E-state index is 0.0541. The van der Waals surface area contributed by atoms with Crippen LogP contribution >= 0.6 is 0 Å². The van der Waals surface area contributed by atoms with Gasteiger partial charge in [-0.25, -0.2) is 13.8 Å². The standard InChI is InChI=1S/C36H20F2N6/c37-25-7-1-19(2-8-25)21-5-11-27-29(13-21)31(23(15-39)16-40)35-33(27)43-36-32(24(17-41)18-42)30-14-22(6-12-28(30)34(36)44-35)20-3-9-26(38)10-4-20/h1-3,5-7,9-14,20,25,36,43H,4,8H2. The molecule has 1 N–H and O–H groups in total. The number of halogens is 2. The zero-order valence-electron chi connectivity index (χ0n) is 23.1. The van der Waals surface area contributed by atoms with Crippen molar-refractivity contribution in [3.05, 3.63) is 129 Å². The normalized spacial score (nSPS) is 22.0. The number of fused-ring (bicyclic) bond motifs is 5. The molecule has 8 heteroatoms. The van der Waals surface area contributed by atoms with Crippen LogP contribution in [-0.2, 0) is 0 Å². The maximum absolute atomic E-state index is 13.7. The lowest BCUT2D eigenvalue weighted by atomic mass is 9.89. The first kappa shape index (κ1) is 26.8. The third kappa shape index (κ3) is 4.05. The fourth-order valence-electron chi connectivity index (χ4n) is 6.47. The fourth-order valence-corrected chi connectivity index (χ4v) is 6.47. The van der Waals surface area contributed by atoms with E-state index in [1.54, 1.807) is 12.2 Å². The average Bonchev–Trinajstić information content (AvgIpc) is 3.53. The number of nitriles is 4. The third-order valence-electron chi connectivity index (χ3n) is 8.55. The summed E-state index contributed by atoms with van der Waals surface area (Å²) < 4.78 is 27.4. The van der Waals surface area contributed by atoms with E-state index >= 15 is 0 Å². The van der Waals surface area contributed by atoms with Crippen LogP contribution in [0.3, 0.4) is 0 Å². The molecule has 0 bridgehead atoms. The molecule has 44 heavy (non-hydrogen) atoms. The second kappa shape index (κ2) is 10.3. The zero-order valence-corrected chi connectivity index (χ0v) is 23.1. The van der Waals surface area contributed by atoms with Crippen molar-refractivity contribution in [2.75, 3.05) is 0 Å². The van der Waals surface area contributed by atoms with E-state index in [1.165, 1.54) is 18.2 Å². The second-order valence-electron chi connectivity index (χ2n) is 10.9. The molecule has 2 aromatic rings. The van der Waals surface area contributed by atoms with Crippen LogP contribution in [0.4, 0.5) is 8.78 Å². The molecule has 0 fully saturated rings. The van der Waals surface area contributed by atoms with E-state index < -0.39 is 12.2 Å². The third-order valence-corrected chi connectivity index (χ3v) is 8.55. The summed E-state index contributed by atoms with van der Waals surface area (Å²) in [6, 6.07) is 18.9. The Morgan fingerprint density at radius 2 is 1.59 bits per heavy atom. The molecule has 1 aliphatic heterocycles. The molecule has 0 saturated heterocycles. The number of rotatable bonds is 2. The molecule has 5 aliphatic rings. The Morgan fingerprint density at radius 3 is 2.27 bits per heavy atom. The number of hydrogen-bond donors (Lipinski definition) is 1. The number of aliphatic imine (C=N–C) groups is 1. The van der Waals surface area contributed by atoms with Crippen molar-refractivity contribution in [3.63, 3.8) is 0 Å². The molecule has 6 nitrogen and oxygen atoms in total. The van der Waals surface area contributed by atoms with Gasteiger partial charge in [0.1, 0.15) is 47.4 Å². The number of nitrogens with zero attached hydrogens (tertiary/aromatic N) is 5. The highest BCUT2D eigenvalue weighted by Crippen LogP contribution is 2.49. The highest BCUT2D eigenvalue weighted by molar-refractivity contribution is 6.24. The van der Waals surface area contributed by atoms with Crippen LogP contribution < -0.4 is 5.32 Å². The summed E-state index contributed by atoms with van der Waals surface area (Å²) in [5, 5.41) is 43.3. The monoisotopic (exact) mass is 574 g/mol. The van der Waals surface area contributed by atoms with Crippen LogP contribution in [0.15, 0.2) is 101 Å². The summed E-state index contributed by atoms with van der Waals surface area (Å²) in [5.41, 5.74) is 7.67. The first-order chi connectivity index (χ1) is 21.4. The van der Waals surface area contributed by atoms with Gasteiger partial charge in [-0.1, -0.05) is 48.6 Å². The molecule has 4 aliphatic carbocycles. The van der Waals surface area contributed by atoms with E-state index in [2.05, 4.69) is 5.32 Å². The Balaban J connectivity index is 1.39. The molecule has 2 aromatic carbocycles. The number of hydrogen-bond acceptors (Lipinski definition) is 6. The summed E-state index contributed by atoms with van der Waals surface area (Å²) in [6.45, 7) is 0. The van der Waals surface area contributed by atoms with Crippen LogP contribution in [0.25, 0.3) is 22.4 Å². The zero-order chi connectivity index (χ0) is 30.5. The van der Waals surface area contributed by atoms with Crippen LogP contribution in [0.5, 0.6) is 0 Å². The Morgan fingerprint density at radius 1 is 0.818 bits per heavy atom. The maximum atomic E-state index is 13.7. The van der Waals surface area contributed by atoms with Gasteiger partial charge >= 0.3 is 0 Å². The van der Waals surface area contributed by atoms with Crippen LogP contribution in [0.2, 0.25) is 0 Å². The summed E-state index contributed by atoms with van der Waals surface area (Å²) in [4.78, 5) is 5.04. The minimum Gasteiger partial charge on any atom is -0.370 e. The lowest BCUT2D eigenvalue weighted by Gasteiger charge is -2.24. The van der Waals surface area contributed by atoms with Crippen molar-refractivity contribution in [1.82, 2.24) is 5.32 Å². The van der Waals surface area contributed by atoms with E-state index in [0.29, 0.717) is 45.8 Å². The van der Waals surface area contributed by atoms with E-state index in [4.69, 9.17) is 4.99 Å². The fraction of sp³-hybridized carbons (Fsp3) is 0.139. The van der Waals surface area contributed by atoms with Gasteiger partial charge in [0.05, 0.1) is 23.1 Å². The van der Waals surface area contributed by atoms with E-state index in [0.717, 1.165) is 27.8 Å². The van der Waals surface area contributed by atoms with Crippen LogP contribution in [-0.4, -0.2) is 17.9 Å². The lowest BCUT2D eigenvalue weighted by molar-refractivity contribution is 0.402. The Labute approximate surface area is 252 Å². The largest absolute Gasteiger partial charge is 0.370 e. The van der Waals surface area contributed by atoms with Crippen LogP contribution in [0, 0.1) is 45.3 Å². The molecule has 3 unspecified atom stereocenters. The van der Waals surface area contributed by atoms with Gasteiger partial charge in [0.2, 0.25) is 0 Å². The van der Waals surface area contributed by atoms with Gasteiger partial charge in [-0.2, -0.15) is 21.0 Å². The molecule has 0 aromatic heterocycles. The molecule has 208 valence electrons. The highest BCUT2D eigenvalue weighted by atomic mass is 19.1.